The average Bonchev–Trinajstić information content (AvgIpc) is 3.75. The summed E-state index contributed by atoms with van der Waals surface area (Å²) in [5.41, 5.74) is 0.589. The minimum absolute atomic E-state index is 0.0482. The number of tetrazole rings is 1. The van der Waals surface area contributed by atoms with Gasteiger partial charge in [0.2, 0.25) is 17.6 Å². The maximum absolute atomic E-state index is 13.9. The van der Waals surface area contributed by atoms with Crippen LogP contribution < -0.4 is 5.32 Å². The van der Waals surface area contributed by atoms with Crippen molar-refractivity contribution in [2.24, 2.45) is 0 Å². The van der Waals surface area contributed by atoms with Gasteiger partial charge in [-0.1, -0.05) is 12.1 Å². The highest BCUT2D eigenvalue weighted by molar-refractivity contribution is 5.88. The third-order valence-electron chi connectivity index (χ3n) is 7.28. The molecule has 220 valence electrons. The van der Waals surface area contributed by atoms with Crippen molar-refractivity contribution in [3.8, 4) is 17.3 Å². The van der Waals surface area contributed by atoms with Crippen molar-refractivity contribution in [2.75, 3.05) is 52.5 Å². The normalized spacial score (nSPS) is 18.3. The van der Waals surface area contributed by atoms with Gasteiger partial charge in [0.1, 0.15) is 24.1 Å². The quantitative estimate of drug-likeness (QED) is 0.330. The van der Waals surface area contributed by atoms with Crippen LogP contribution >= 0.6 is 0 Å². The fraction of sp³-hybridized carbons (Fsp3) is 0.536. The molecule has 0 bridgehead atoms. The van der Waals surface area contributed by atoms with E-state index in [9.17, 15) is 14.7 Å². The number of amides is 2. The molecule has 2 atom stereocenters. The number of phenols is 1. The summed E-state index contributed by atoms with van der Waals surface area (Å²) in [6.45, 7) is 6.75. The molecule has 4 heterocycles. The summed E-state index contributed by atoms with van der Waals surface area (Å²) in [7, 11) is 0. The van der Waals surface area contributed by atoms with Crippen molar-refractivity contribution in [1.82, 2.24) is 35.3 Å². The van der Waals surface area contributed by atoms with Crippen molar-refractivity contribution in [3.63, 3.8) is 0 Å². The maximum Gasteiger partial charge on any atom is 0.247 e. The van der Waals surface area contributed by atoms with Gasteiger partial charge in [0.15, 0.2) is 5.76 Å². The molecule has 0 aliphatic carbocycles. The van der Waals surface area contributed by atoms with E-state index in [2.05, 4.69) is 25.6 Å². The first kappa shape index (κ1) is 28.7. The number of nitrogens with zero attached hydrogens (tertiary/aromatic N) is 6. The topological polar surface area (TPSA) is 148 Å². The van der Waals surface area contributed by atoms with Gasteiger partial charge in [-0.2, -0.15) is 4.80 Å². The van der Waals surface area contributed by atoms with Crippen LogP contribution in [0.4, 0.5) is 0 Å². The van der Waals surface area contributed by atoms with Crippen LogP contribution in [0, 0.1) is 6.92 Å². The lowest BCUT2D eigenvalue weighted by Crippen LogP contribution is -2.47. The van der Waals surface area contributed by atoms with Crippen molar-refractivity contribution < 1.29 is 28.6 Å². The van der Waals surface area contributed by atoms with Gasteiger partial charge in [-0.25, -0.2) is 0 Å². The molecule has 0 radical (unpaired) electrons. The smallest absolute Gasteiger partial charge is 0.247 e. The zero-order valence-electron chi connectivity index (χ0n) is 23.3. The van der Waals surface area contributed by atoms with Gasteiger partial charge in [-0.3, -0.25) is 14.5 Å². The van der Waals surface area contributed by atoms with Crippen LogP contribution in [0.3, 0.4) is 0 Å². The number of aryl methyl sites for hydroxylation is 1. The molecule has 3 aromatic rings. The number of phenolic OH excluding ortho intramolecular Hbond substituents is 1. The Kier molecular flexibility index (Phi) is 9.59. The number of benzene rings is 1. The highest BCUT2D eigenvalue weighted by atomic mass is 16.5. The van der Waals surface area contributed by atoms with Gasteiger partial charge in [-0.05, 0) is 61.2 Å². The predicted molar refractivity (Wildman–Crippen MR) is 147 cm³/mol. The molecular weight excluding hydrogens is 530 g/mol. The third-order valence-corrected chi connectivity index (χ3v) is 7.28. The first-order valence-corrected chi connectivity index (χ1v) is 14.1. The van der Waals surface area contributed by atoms with Gasteiger partial charge in [-0.15, -0.1) is 10.2 Å². The number of ether oxygens (including phenoxy) is 2. The summed E-state index contributed by atoms with van der Waals surface area (Å²) in [4.78, 5) is 32.7. The largest absolute Gasteiger partial charge is 0.508 e. The fourth-order valence-electron chi connectivity index (χ4n) is 5.11. The van der Waals surface area contributed by atoms with Crippen molar-refractivity contribution in [3.05, 3.63) is 47.7 Å². The van der Waals surface area contributed by atoms with Gasteiger partial charge in [0.05, 0.1) is 19.3 Å². The maximum atomic E-state index is 13.9. The lowest BCUT2D eigenvalue weighted by molar-refractivity contribution is -0.142. The summed E-state index contributed by atoms with van der Waals surface area (Å²) in [6.07, 6.45) is 2.44. The van der Waals surface area contributed by atoms with E-state index in [0.717, 1.165) is 32.5 Å². The number of carbonyl (C=O) groups is 2. The van der Waals surface area contributed by atoms with E-state index < -0.39 is 6.04 Å². The van der Waals surface area contributed by atoms with Gasteiger partial charge < -0.3 is 29.2 Å². The van der Waals surface area contributed by atoms with Crippen LogP contribution in [0.25, 0.3) is 11.6 Å². The van der Waals surface area contributed by atoms with E-state index in [1.807, 2.05) is 6.92 Å². The molecule has 2 N–H and O–H groups in total. The summed E-state index contributed by atoms with van der Waals surface area (Å²) in [5.74, 6) is 0.865. The van der Waals surface area contributed by atoms with Crippen LogP contribution in [0.5, 0.6) is 5.75 Å². The second kappa shape index (κ2) is 13.7. The molecule has 2 amide bonds. The number of hydrogen-bond donors (Lipinski definition) is 2. The first-order chi connectivity index (χ1) is 20.0. The van der Waals surface area contributed by atoms with Crippen molar-refractivity contribution in [1.29, 1.82) is 0 Å². The van der Waals surface area contributed by atoms with Crippen molar-refractivity contribution >= 4 is 11.8 Å². The molecular formula is C28H37N7O6. The predicted octanol–water partition coefficient (Wildman–Crippen LogP) is 1.53. The Morgan fingerprint density at radius 2 is 1.95 bits per heavy atom. The molecule has 5 rings (SSSR count). The lowest BCUT2D eigenvalue weighted by Gasteiger charge is -2.33. The number of aromatic hydroxyl groups is 1. The number of nitrogens with one attached hydrogen (secondary N) is 1. The molecule has 2 fully saturated rings. The van der Waals surface area contributed by atoms with Gasteiger partial charge in [0, 0.05) is 39.3 Å². The standard InChI is InChI=1S/C28H37N7O6/c1-20-5-10-24(41-20)27-30-32-35(31-27)19-25(37)34(12-3-11-33-13-16-39-17-14-33)26(21-6-8-22(36)9-7-21)28(38)29-18-23-4-2-15-40-23/h5-10,23,26,36H,2-4,11-19H2,1H3,(H,29,38). The number of aromatic nitrogens is 4. The zero-order chi connectivity index (χ0) is 28.6. The van der Waals surface area contributed by atoms with Crippen LogP contribution in [-0.2, 0) is 25.6 Å². The molecule has 0 saturated carbocycles. The Morgan fingerprint density at radius 3 is 2.66 bits per heavy atom. The van der Waals surface area contributed by atoms with E-state index in [1.165, 1.54) is 16.9 Å². The monoisotopic (exact) mass is 567 g/mol. The zero-order valence-corrected chi connectivity index (χ0v) is 23.3. The second-order valence-electron chi connectivity index (χ2n) is 10.3. The van der Waals surface area contributed by atoms with E-state index in [4.69, 9.17) is 13.9 Å². The Hall–Kier alpha value is -3.81. The second-order valence-corrected chi connectivity index (χ2v) is 10.3. The van der Waals surface area contributed by atoms with E-state index in [-0.39, 0.29) is 36.0 Å². The Balaban J connectivity index is 1.36. The van der Waals surface area contributed by atoms with Crippen molar-refractivity contribution in [2.45, 2.75) is 44.9 Å². The molecule has 13 heteroatoms. The number of carbonyl (C=O) groups excluding carboxylic acids is 2. The highest BCUT2D eigenvalue weighted by Crippen LogP contribution is 2.25. The number of hydrogen-bond acceptors (Lipinski definition) is 10. The van der Waals surface area contributed by atoms with E-state index in [1.54, 1.807) is 29.2 Å². The van der Waals surface area contributed by atoms with Crippen LogP contribution in [-0.4, -0.2) is 106 Å². The van der Waals surface area contributed by atoms with Gasteiger partial charge >= 0.3 is 0 Å². The molecule has 2 aliphatic rings. The minimum atomic E-state index is -0.926. The summed E-state index contributed by atoms with van der Waals surface area (Å²) in [6, 6.07) is 8.98. The fourth-order valence-corrected chi connectivity index (χ4v) is 5.11. The average molecular weight is 568 g/mol. The lowest BCUT2D eigenvalue weighted by atomic mass is 10.0. The van der Waals surface area contributed by atoms with Crippen LogP contribution in [0.1, 0.15) is 36.6 Å². The minimum Gasteiger partial charge on any atom is -0.508 e. The molecule has 13 nitrogen and oxygen atoms in total. The number of furan rings is 1. The van der Waals surface area contributed by atoms with Gasteiger partial charge in [0.25, 0.3) is 0 Å². The molecule has 0 spiro atoms. The highest BCUT2D eigenvalue weighted by Gasteiger charge is 2.32. The molecule has 2 saturated heterocycles. The van der Waals surface area contributed by atoms with E-state index in [0.29, 0.717) is 56.4 Å². The Morgan fingerprint density at radius 1 is 1.15 bits per heavy atom. The third kappa shape index (κ3) is 7.69. The summed E-state index contributed by atoms with van der Waals surface area (Å²) >= 11 is 0. The SMILES string of the molecule is Cc1ccc(-c2nnn(CC(=O)N(CCCN3CCOCC3)C(C(=O)NCC3CCCO3)c3ccc(O)cc3)n2)o1. The van der Waals surface area contributed by atoms with Crippen LogP contribution in [0.2, 0.25) is 0 Å². The first-order valence-electron chi connectivity index (χ1n) is 14.1. The summed E-state index contributed by atoms with van der Waals surface area (Å²) in [5, 5.41) is 25.3. The molecule has 1 aromatic carbocycles. The molecule has 2 aromatic heterocycles. The van der Waals surface area contributed by atoms with E-state index >= 15 is 0 Å². The molecule has 2 aliphatic heterocycles. The summed E-state index contributed by atoms with van der Waals surface area (Å²) < 4.78 is 16.7. The number of rotatable bonds is 12. The number of morpholine rings is 1. The molecule has 2 unspecified atom stereocenters. The molecule has 41 heavy (non-hydrogen) atoms. The Labute approximate surface area is 238 Å². The van der Waals surface area contributed by atoms with Crippen LogP contribution in [0.15, 0.2) is 40.8 Å². The Bertz CT molecular complexity index is 1280.